The molecule has 0 aliphatic carbocycles. The maximum Gasteiger partial charge on any atom is 0.337 e. The van der Waals surface area contributed by atoms with Crippen LogP contribution in [0.4, 0.5) is 0 Å². The predicted molar refractivity (Wildman–Crippen MR) is 84.4 cm³/mol. The predicted octanol–water partition coefficient (Wildman–Crippen LogP) is 4.25. The molecule has 6 heteroatoms. The fourth-order valence-corrected chi connectivity index (χ4v) is 3.48. The molecule has 0 fully saturated rings. The Hall–Kier alpha value is -1.72. The second kappa shape index (κ2) is 5.24. The third-order valence-electron chi connectivity index (χ3n) is 3.29. The number of hydrogen-bond donors (Lipinski definition) is 1. The van der Waals surface area contributed by atoms with E-state index in [1.54, 1.807) is 0 Å². The Morgan fingerprint density at radius 2 is 1.90 bits per heavy atom. The van der Waals surface area contributed by atoms with Crippen LogP contribution in [0.15, 0.2) is 37.3 Å². The summed E-state index contributed by atoms with van der Waals surface area (Å²) in [5.41, 5.74) is 2.99. The number of hydrogen-bond acceptors (Lipinski definition) is 4. The fraction of sp³-hybridized carbons (Fsp3) is 0.200. The molecule has 0 aliphatic heterocycles. The van der Waals surface area contributed by atoms with Gasteiger partial charge in [0.25, 0.3) is 0 Å². The first kappa shape index (κ1) is 14.2. The van der Waals surface area contributed by atoms with E-state index in [9.17, 15) is 4.79 Å². The van der Waals surface area contributed by atoms with Gasteiger partial charge in [-0.15, -0.1) is 0 Å². The van der Waals surface area contributed by atoms with Crippen LogP contribution in [0.1, 0.15) is 16.7 Å². The molecule has 1 N–H and O–H groups in total. The smallest absolute Gasteiger partial charge is 0.337 e. The number of benzene rings is 1. The molecular weight excluding hydrogens is 308 g/mol. The van der Waals surface area contributed by atoms with E-state index in [2.05, 4.69) is 10.2 Å². The van der Waals surface area contributed by atoms with Crippen LogP contribution < -0.4 is 5.63 Å². The van der Waals surface area contributed by atoms with Crippen LogP contribution in [0.3, 0.4) is 0 Å². The highest BCUT2D eigenvalue weighted by Gasteiger charge is 2.14. The van der Waals surface area contributed by atoms with Gasteiger partial charge in [0.1, 0.15) is 5.03 Å². The molecule has 21 heavy (non-hydrogen) atoms. The van der Waals surface area contributed by atoms with Crippen molar-refractivity contribution in [1.29, 1.82) is 0 Å². The molecule has 0 saturated carbocycles. The molecule has 0 radical (unpaired) electrons. The average Bonchev–Trinajstić information content (AvgIpc) is 2.79. The maximum atomic E-state index is 11.4. The minimum Gasteiger partial charge on any atom is -0.404 e. The molecule has 0 atom stereocenters. The summed E-state index contributed by atoms with van der Waals surface area (Å²) >= 11 is 7.65. The number of H-pyrrole nitrogens is 1. The summed E-state index contributed by atoms with van der Waals surface area (Å²) < 4.78 is 5.13. The molecule has 0 amide bonds. The first-order chi connectivity index (χ1) is 9.95. The first-order valence-electron chi connectivity index (χ1n) is 6.39. The van der Waals surface area contributed by atoms with E-state index in [1.807, 2.05) is 32.9 Å². The lowest BCUT2D eigenvalue weighted by molar-refractivity contribution is 0.547. The summed E-state index contributed by atoms with van der Waals surface area (Å²) in [4.78, 5) is 12.5. The number of rotatable bonds is 2. The molecule has 3 aromatic rings. The maximum absolute atomic E-state index is 11.4. The lowest BCUT2D eigenvalue weighted by Crippen LogP contribution is -1.97. The number of nitrogens with zero attached hydrogens (tertiary/aromatic N) is 1. The highest BCUT2D eigenvalue weighted by Crippen LogP contribution is 2.36. The molecule has 2 heterocycles. The van der Waals surface area contributed by atoms with Crippen molar-refractivity contribution in [2.45, 2.75) is 30.7 Å². The lowest BCUT2D eigenvalue weighted by atomic mass is 10.2. The third kappa shape index (κ3) is 2.59. The highest BCUT2D eigenvalue weighted by atomic mass is 35.5. The van der Waals surface area contributed by atoms with Crippen LogP contribution in [-0.2, 0) is 0 Å². The molecule has 0 spiro atoms. The molecule has 0 saturated heterocycles. The van der Waals surface area contributed by atoms with Crippen molar-refractivity contribution in [3.05, 3.63) is 50.3 Å². The van der Waals surface area contributed by atoms with E-state index in [1.165, 1.54) is 17.8 Å². The van der Waals surface area contributed by atoms with Gasteiger partial charge in [-0.1, -0.05) is 23.4 Å². The monoisotopic (exact) mass is 320 g/mol. The normalized spacial score (nSPS) is 11.2. The summed E-state index contributed by atoms with van der Waals surface area (Å²) in [6.45, 7) is 5.85. The quantitative estimate of drug-likeness (QED) is 0.767. The zero-order valence-corrected chi connectivity index (χ0v) is 13.4. The van der Waals surface area contributed by atoms with Crippen molar-refractivity contribution in [2.24, 2.45) is 0 Å². The van der Waals surface area contributed by atoms with Gasteiger partial charge in [0.15, 0.2) is 0 Å². The van der Waals surface area contributed by atoms with Crippen molar-refractivity contribution >= 4 is 34.5 Å². The van der Waals surface area contributed by atoms with Gasteiger partial charge in [-0.05, 0) is 49.6 Å². The van der Waals surface area contributed by atoms with E-state index >= 15 is 0 Å². The Morgan fingerprint density at radius 3 is 2.67 bits per heavy atom. The minimum absolute atomic E-state index is 0.376. The zero-order chi connectivity index (χ0) is 15.1. The Kier molecular flexibility index (Phi) is 3.55. The molecule has 3 rings (SSSR count). The van der Waals surface area contributed by atoms with Gasteiger partial charge in [0.05, 0.1) is 5.39 Å². The van der Waals surface area contributed by atoms with Crippen molar-refractivity contribution in [3.8, 4) is 0 Å². The van der Waals surface area contributed by atoms with Crippen molar-refractivity contribution in [3.63, 3.8) is 0 Å². The number of halogens is 1. The summed E-state index contributed by atoms with van der Waals surface area (Å²) in [6, 6.07) is 5.46. The van der Waals surface area contributed by atoms with Crippen LogP contribution in [-0.4, -0.2) is 10.2 Å². The van der Waals surface area contributed by atoms with Crippen molar-refractivity contribution < 1.29 is 4.42 Å². The number of fused-ring (bicyclic) bond motifs is 1. The number of aromatic nitrogens is 2. The van der Waals surface area contributed by atoms with E-state index in [4.69, 9.17) is 16.0 Å². The number of nitrogens with one attached hydrogen (secondary N) is 1. The van der Waals surface area contributed by atoms with Crippen molar-refractivity contribution in [1.82, 2.24) is 10.2 Å². The molecule has 0 bridgehead atoms. The molecule has 2 aromatic heterocycles. The minimum atomic E-state index is -0.376. The van der Waals surface area contributed by atoms with Gasteiger partial charge in [0, 0.05) is 16.0 Å². The highest BCUT2D eigenvalue weighted by molar-refractivity contribution is 7.99. The zero-order valence-electron chi connectivity index (χ0n) is 11.8. The van der Waals surface area contributed by atoms with Gasteiger partial charge in [-0.25, -0.2) is 9.89 Å². The van der Waals surface area contributed by atoms with Gasteiger partial charge in [0.2, 0.25) is 5.71 Å². The van der Waals surface area contributed by atoms with Crippen LogP contribution in [0.25, 0.3) is 11.1 Å². The number of aryl methyl sites for hydroxylation is 3. The lowest BCUT2D eigenvalue weighted by Gasteiger charge is -2.07. The second-order valence-corrected chi connectivity index (χ2v) is 6.39. The van der Waals surface area contributed by atoms with Gasteiger partial charge in [-0.3, -0.25) is 0 Å². The van der Waals surface area contributed by atoms with E-state index in [-0.39, 0.29) is 5.63 Å². The Balaban J connectivity index is 2.11. The SMILES string of the molecule is Cc1cc(Sc2n[nH]c3oc(=O)cc(C)c23)c(C)cc1Cl. The molecule has 0 unspecified atom stereocenters. The molecule has 0 aliphatic rings. The Morgan fingerprint density at radius 1 is 1.14 bits per heavy atom. The molecule has 108 valence electrons. The molecule has 4 nitrogen and oxygen atoms in total. The fourth-order valence-electron chi connectivity index (χ4n) is 2.15. The standard InChI is InChI=1S/C15H13ClN2O2S/c1-7-5-11(8(2)4-10(7)16)21-15-13-9(3)6-12(19)20-14(13)17-18-15/h4-6H,1-3H3,(H,17,18). The van der Waals surface area contributed by atoms with E-state index in [0.29, 0.717) is 5.71 Å². The summed E-state index contributed by atoms with van der Waals surface area (Å²) in [5, 5.41) is 9.41. The van der Waals surface area contributed by atoms with Crippen LogP contribution in [0, 0.1) is 20.8 Å². The summed E-state index contributed by atoms with van der Waals surface area (Å²) in [5.74, 6) is 0. The average molecular weight is 321 g/mol. The van der Waals surface area contributed by atoms with E-state index in [0.717, 1.165) is 37.0 Å². The number of aromatic amines is 1. The third-order valence-corrected chi connectivity index (χ3v) is 4.85. The van der Waals surface area contributed by atoms with Gasteiger partial charge < -0.3 is 4.42 Å². The van der Waals surface area contributed by atoms with Crippen LogP contribution >= 0.6 is 23.4 Å². The van der Waals surface area contributed by atoms with Gasteiger partial charge in [-0.2, -0.15) is 5.10 Å². The summed E-state index contributed by atoms with van der Waals surface area (Å²) in [7, 11) is 0. The van der Waals surface area contributed by atoms with E-state index < -0.39 is 0 Å². The van der Waals surface area contributed by atoms with Crippen LogP contribution in [0.5, 0.6) is 0 Å². The largest absolute Gasteiger partial charge is 0.404 e. The van der Waals surface area contributed by atoms with Crippen molar-refractivity contribution in [2.75, 3.05) is 0 Å². The van der Waals surface area contributed by atoms with Crippen LogP contribution in [0.2, 0.25) is 5.02 Å². The first-order valence-corrected chi connectivity index (χ1v) is 7.58. The second-order valence-electron chi connectivity index (χ2n) is 4.95. The Labute approximate surface area is 130 Å². The summed E-state index contributed by atoms with van der Waals surface area (Å²) in [6.07, 6.45) is 0. The molecular formula is C15H13ClN2O2S. The van der Waals surface area contributed by atoms with Gasteiger partial charge >= 0.3 is 5.63 Å². The topological polar surface area (TPSA) is 58.9 Å². The Bertz CT molecular complexity index is 899. The molecule has 1 aromatic carbocycles.